The van der Waals surface area contributed by atoms with Crippen molar-refractivity contribution in [3.8, 4) is 0 Å². The third-order valence-electron chi connectivity index (χ3n) is 2.77. The van der Waals surface area contributed by atoms with Gasteiger partial charge in [-0.3, -0.25) is 9.89 Å². The first-order chi connectivity index (χ1) is 8.34. The number of amides is 1. The van der Waals surface area contributed by atoms with Gasteiger partial charge in [-0.2, -0.15) is 5.10 Å². The molecule has 0 saturated heterocycles. The maximum Gasteiger partial charge on any atom is 0.291 e. The highest BCUT2D eigenvalue weighted by Crippen LogP contribution is 2.30. The number of aromatic amines is 1. The maximum absolute atomic E-state index is 12.2. The van der Waals surface area contributed by atoms with E-state index in [0.29, 0.717) is 18.4 Å². The fraction of sp³-hybridized carbons (Fsp3) is 0.364. The number of hydrogen-bond donors (Lipinski definition) is 1. The molecule has 17 heavy (non-hydrogen) atoms. The Morgan fingerprint density at radius 3 is 3.06 bits per heavy atom. The number of carbonyl (C=O) groups excluding carboxylic acids is 1. The van der Waals surface area contributed by atoms with E-state index in [4.69, 9.17) is 0 Å². The zero-order chi connectivity index (χ0) is 11.7. The number of nitrogens with zero attached hydrogens (tertiary/aromatic N) is 3. The lowest BCUT2D eigenvalue weighted by Crippen LogP contribution is -2.33. The second-order valence-corrected chi connectivity index (χ2v) is 5.11. The average Bonchev–Trinajstić information content (AvgIpc) is 2.86. The van der Waals surface area contributed by atoms with Crippen LogP contribution in [0.15, 0.2) is 23.8 Å². The Labute approximate surface area is 102 Å². The Hall–Kier alpha value is -1.69. The van der Waals surface area contributed by atoms with Crippen LogP contribution in [0.2, 0.25) is 0 Å². The SMILES string of the molecule is O=C(c1ncn[nH]1)N(Cc1cccs1)C1CC1. The molecule has 0 radical (unpaired) electrons. The van der Waals surface area contributed by atoms with Crippen LogP contribution < -0.4 is 0 Å². The predicted octanol–water partition coefficient (Wildman–Crippen LogP) is 1.67. The van der Waals surface area contributed by atoms with Crippen molar-refractivity contribution in [1.82, 2.24) is 20.1 Å². The fourth-order valence-electron chi connectivity index (χ4n) is 1.77. The van der Waals surface area contributed by atoms with Gasteiger partial charge in [0.25, 0.3) is 5.91 Å². The summed E-state index contributed by atoms with van der Waals surface area (Å²) in [7, 11) is 0. The Morgan fingerprint density at radius 2 is 2.47 bits per heavy atom. The summed E-state index contributed by atoms with van der Waals surface area (Å²) in [5.41, 5.74) is 0. The summed E-state index contributed by atoms with van der Waals surface area (Å²) in [4.78, 5) is 19.2. The minimum Gasteiger partial charge on any atom is -0.328 e. The molecule has 1 fully saturated rings. The fourth-order valence-corrected chi connectivity index (χ4v) is 2.47. The number of nitrogens with one attached hydrogen (secondary N) is 1. The van der Waals surface area contributed by atoms with Gasteiger partial charge in [0.2, 0.25) is 5.82 Å². The topological polar surface area (TPSA) is 61.9 Å². The number of H-pyrrole nitrogens is 1. The molecule has 0 unspecified atom stereocenters. The molecule has 1 amide bonds. The molecule has 1 N–H and O–H groups in total. The smallest absolute Gasteiger partial charge is 0.291 e. The van der Waals surface area contributed by atoms with Gasteiger partial charge in [-0.25, -0.2) is 4.98 Å². The Kier molecular flexibility index (Phi) is 2.64. The van der Waals surface area contributed by atoms with Crippen molar-refractivity contribution >= 4 is 17.2 Å². The third kappa shape index (κ3) is 2.21. The summed E-state index contributed by atoms with van der Waals surface area (Å²) in [5, 5.41) is 8.38. The highest BCUT2D eigenvalue weighted by Gasteiger charge is 2.34. The second-order valence-electron chi connectivity index (χ2n) is 4.08. The van der Waals surface area contributed by atoms with Gasteiger partial charge in [0.1, 0.15) is 6.33 Å². The number of hydrogen-bond acceptors (Lipinski definition) is 4. The summed E-state index contributed by atoms with van der Waals surface area (Å²) in [5.74, 6) is 0.270. The van der Waals surface area contributed by atoms with Gasteiger partial charge < -0.3 is 4.90 Å². The van der Waals surface area contributed by atoms with Gasteiger partial charge >= 0.3 is 0 Å². The van der Waals surface area contributed by atoms with Crippen LogP contribution in [0.3, 0.4) is 0 Å². The minimum absolute atomic E-state index is 0.0570. The zero-order valence-corrected chi connectivity index (χ0v) is 9.98. The summed E-state index contributed by atoms with van der Waals surface area (Å²) < 4.78 is 0. The van der Waals surface area contributed by atoms with E-state index in [9.17, 15) is 4.79 Å². The molecule has 2 aromatic heterocycles. The molecule has 0 atom stereocenters. The normalized spacial score (nSPS) is 14.8. The molecular weight excluding hydrogens is 236 g/mol. The lowest BCUT2D eigenvalue weighted by Gasteiger charge is -2.20. The largest absolute Gasteiger partial charge is 0.328 e. The molecule has 88 valence electrons. The van der Waals surface area contributed by atoms with E-state index in [0.717, 1.165) is 12.8 Å². The summed E-state index contributed by atoms with van der Waals surface area (Å²) >= 11 is 1.67. The Balaban J connectivity index is 1.78. The van der Waals surface area contributed by atoms with Crippen LogP contribution in [-0.4, -0.2) is 32.0 Å². The number of carbonyl (C=O) groups is 1. The van der Waals surface area contributed by atoms with Crippen molar-refractivity contribution in [2.24, 2.45) is 0 Å². The molecule has 0 aromatic carbocycles. The van der Waals surface area contributed by atoms with Gasteiger partial charge in [-0.1, -0.05) is 6.07 Å². The van der Waals surface area contributed by atoms with E-state index in [1.807, 2.05) is 22.4 Å². The third-order valence-corrected chi connectivity index (χ3v) is 3.63. The first-order valence-corrected chi connectivity index (χ1v) is 6.41. The molecule has 1 saturated carbocycles. The summed E-state index contributed by atoms with van der Waals surface area (Å²) in [6.45, 7) is 0.669. The van der Waals surface area contributed by atoms with Gasteiger partial charge in [-0.05, 0) is 24.3 Å². The molecule has 1 aliphatic carbocycles. The predicted molar refractivity (Wildman–Crippen MR) is 63.6 cm³/mol. The monoisotopic (exact) mass is 248 g/mol. The molecule has 0 bridgehead atoms. The van der Waals surface area contributed by atoms with Gasteiger partial charge in [0.15, 0.2) is 0 Å². The lowest BCUT2D eigenvalue weighted by molar-refractivity contribution is 0.0719. The van der Waals surface area contributed by atoms with E-state index < -0.39 is 0 Å². The quantitative estimate of drug-likeness (QED) is 0.895. The minimum atomic E-state index is -0.0570. The number of rotatable bonds is 4. The van der Waals surface area contributed by atoms with E-state index in [2.05, 4.69) is 15.2 Å². The molecule has 2 aromatic rings. The highest BCUT2D eigenvalue weighted by atomic mass is 32.1. The molecule has 6 heteroatoms. The van der Waals surface area contributed by atoms with Crippen LogP contribution in [0.4, 0.5) is 0 Å². The molecule has 0 spiro atoms. The Morgan fingerprint density at radius 1 is 1.59 bits per heavy atom. The standard InChI is InChI=1S/C11H12N4OS/c16-11(10-12-7-13-14-10)15(8-3-4-8)6-9-2-1-5-17-9/h1-2,5,7-8H,3-4,6H2,(H,12,13,14). The van der Waals surface area contributed by atoms with Crippen LogP contribution in [-0.2, 0) is 6.54 Å². The molecule has 0 aliphatic heterocycles. The average molecular weight is 248 g/mol. The highest BCUT2D eigenvalue weighted by molar-refractivity contribution is 7.09. The molecule has 1 aliphatic rings. The molecule has 3 rings (SSSR count). The summed E-state index contributed by atoms with van der Waals surface area (Å²) in [6.07, 6.45) is 3.54. The molecular formula is C11H12N4OS. The second kappa shape index (κ2) is 4.29. The van der Waals surface area contributed by atoms with Crippen LogP contribution in [0.25, 0.3) is 0 Å². The number of aromatic nitrogens is 3. The maximum atomic E-state index is 12.2. The van der Waals surface area contributed by atoms with Gasteiger partial charge in [0.05, 0.1) is 6.54 Å². The van der Waals surface area contributed by atoms with Crippen molar-refractivity contribution in [1.29, 1.82) is 0 Å². The van der Waals surface area contributed by atoms with E-state index in [-0.39, 0.29) is 5.91 Å². The van der Waals surface area contributed by atoms with Crippen molar-refractivity contribution in [2.75, 3.05) is 0 Å². The van der Waals surface area contributed by atoms with Crippen LogP contribution >= 0.6 is 11.3 Å². The van der Waals surface area contributed by atoms with Crippen LogP contribution in [0, 0.1) is 0 Å². The van der Waals surface area contributed by atoms with Crippen LogP contribution in [0.1, 0.15) is 28.3 Å². The van der Waals surface area contributed by atoms with Gasteiger partial charge in [0, 0.05) is 10.9 Å². The van der Waals surface area contributed by atoms with Crippen molar-refractivity contribution < 1.29 is 4.79 Å². The van der Waals surface area contributed by atoms with Crippen molar-refractivity contribution in [2.45, 2.75) is 25.4 Å². The Bertz CT molecular complexity index is 490. The first kappa shape index (κ1) is 10.5. The van der Waals surface area contributed by atoms with E-state index in [1.54, 1.807) is 11.3 Å². The molecule has 5 nitrogen and oxygen atoms in total. The van der Waals surface area contributed by atoms with Gasteiger partial charge in [-0.15, -0.1) is 11.3 Å². The zero-order valence-electron chi connectivity index (χ0n) is 9.17. The van der Waals surface area contributed by atoms with Crippen molar-refractivity contribution in [3.05, 3.63) is 34.5 Å². The van der Waals surface area contributed by atoms with Crippen molar-refractivity contribution in [3.63, 3.8) is 0 Å². The number of thiophene rings is 1. The van der Waals surface area contributed by atoms with E-state index in [1.165, 1.54) is 11.2 Å². The summed E-state index contributed by atoms with van der Waals surface area (Å²) in [6, 6.07) is 4.42. The first-order valence-electron chi connectivity index (χ1n) is 5.53. The lowest BCUT2D eigenvalue weighted by atomic mass is 10.3. The van der Waals surface area contributed by atoms with E-state index >= 15 is 0 Å². The van der Waals surface area contributed by atoms with Crippen LogP contribution in [0.5, 0.6) is 0 Å². The molecule has 2 heterocycles.